The van der Waals surface area contributed by atoms with Crippen LogP contribution in [-0.4, -0.2) is 55.2 Å². The maximum atomic E-state index is 12.6. The van der Waals surface area contributed by atoms with E-state index in [0.29, 0.717) is 16.3 Å². The van der Waals surface area contributed by atoms with Gasteiger partial charge in [0.1, 0.15) is 27.1 Å². The summed E-state index contributed by atoms with van der Waals surface area (Å²) in [5, 5.41) is 23.0. The smallest absolute Gasteiger partial charge is 1.00 e. The summed E-state index contributed by atoms with van der Waals surface area (Å²) in [7, 11) is 0. The van der Waals surface area contributed by atoms with Gasteiger partial charge in [0.2, 0.25) is 5.91 Å². The van der Waals surface area contributed by atoms with E-state index in [1.807, 2.05) is 17.5 Å². The van der Waals surface area contributed by atoms with Crippen molar-refractivity contribution in [3.63, 3.8) is 0 Å². The second-order valence-electron chi connectivity index (χ2n) is 5.97. The third-order valence-corrected chi connectivity index (χ3v) is 7.24. The molecule has 12 heteroatoms. The quantitative estimate of drug-likeness (QED) is 0.423. The third-order valence-electron chi connectivity index (χ3n) is 4.19. The first-order valence-corrected chi connectivity index (χ1v) is 10.7. The van der Waals surface area contributed by atoms with Crippen molar-refractivity contribution in [3.8, 4) is 0 Å². The molecule has 2 atom stereocenters. The summed E-state index contributed by atoms with van der Waals surface area (Å²) in [6.45, 7) is 1.79. The monoisotopic (exact) mass is 446 g/mol. The van der Waals surface area contributed by atoms with Gasteiger partial charge in [-0.3, -0.25) is 14.5 Å². The zero-order valence-electron chi connectivity index (χ0n) is 16.0. The molecule has 1 fully saturated rings. The summed E-state index contributed by atoms with van der Waals surface area (Å²) in [5.74, 6) is -1.45. The van der Waals surface area contributed by atoms with Gasteiger partial charge in [-0.1, -0.05) is 17.4 Å². The number of carbonyl (C=O) groups excluding carboxylic acids is 2. The Morgan fingerprint density at radius 3 is 2.82 bits per heavy atom. The summed E-state index contributed by atoms with van der Waals surface area (Å²) in [4.78, 5) is 38.8. The minimum Gasteiger partial charge on any atom is -1.00 e. The van der Waals surface area contributed by atoms with Crippen LogP contribution in [0.4, 0.5) is 0 Å². The number of amides is 2. The number of carboxylic acid groups (broad SMARTS) is 1. The molecule has 4 heterocycles. The molecule has 0 bridgehead atoms. The number of carboxylic acids is 1. The molecule has 2 amide bonds. The molecule has 2 N–H and O–H groups in total. The van der Waals surface area contributed by atoms with Crippen LogP contribution in [0.25, 0.3) is 5.57 Å². The van der Waals surface area contributed by atoms with Gasteiger partial charge < -0.3 is 11.8 Å². The average molecular weight is 447 g/mol. The molecule has 142 valence electrons. The van der Waals surface area contributed by atoms with Crippen molar-refractivity contribution >= 4 is 57.8 Å². The standard InChI is InChI=1S/C16H14N4O4S3.Na.H/c1-7-18-19-13(27-7)9-6-26-15-11(14(22)20(15)12(9)16(23)24)17-10(21)5-8-3-2-4-25-8;;/h2-4,11,15H,5-6H2,1H3,(H,17,21)(H,23,24);;/q;+1;-1/t11?,15-;;/m1../s1. The first kappa shape index (κ1) is 21.5. The van der Waals surface area contributed by atoms with Gasteiger partial charge >= 0.3 is 35.5 Å². The van der Waals surface area contributed by atoms with Crippen LogP contribution in [0.15, 0.2) is 23.2 Å². The van der Waals surface area contributed by atoms with E-state index in [9.17, 15) is 19.5 Å². The second kappa shape index (κ2) is 8.64. The van der Waals surface area contributed by atoms with Crippen molar-refractivity contribution in [2.45, 2.75) is 24.8 Å². The van der Waals surface area contributed by atoms with Gasteiger partial charge in [-0.2, -0.15) is 0 Å². The number of aryl methyl sites for hydroxylation is 1. The van der Waals surface area contributed by atoms with Crippen LogP contribution in [0.5, 0.6) is 0 Å². The molecule has 28 heavy (non-hydrogen) atoms. The zero-order valence-corrected chi connectivity index (χ0v) is 19.5. The van der Waals surface area contributed by atoms with Crippen LogP contribution in [0, 0.1) is 6.92 Å². The molecule has 2 aromatic rings. The van der Waals surface area contributed by atoms with Crippen LogP contribution in [0.2, 0.25) is 0 Å². The molecule has 1 unspecified atom stereocenters. The van der Waals surface area contributed by atoms with Gasteiger partial charge in [-0.25, -0.2) is 4.79 Å². The number of nitrogens with zero attached hydrogens (tertiary/aromatic N) is 3. The molecule has 0 saturated carbocycles. The largest absolute Gasteiger partial charge is 1.00 e. The molecular formula is C16H15N4NaO4S3. The maximum Gasteiger partial charge on any atom is 1.00 e. The summed E-state index contributed by atoms with van der Waals surface area (Å²) >= 11 is 4.19. The van der Waals surface area contributed by atoms with Crippen molar-refractivity contribution in [1.29, 1.82) is 0 Å². The number of carbonyl (C=O) groups is 3. The molecule has 2 aromatic heterocycles. The first-order chi connectivity index (χ1) is 13.0. The van der Waals surface area contributed by atoms with Crippen LogP contribution >= 0.6 is 34.4 Å². The molecule has 0 aliphatic carbocycles. The van der Waals surface area contributed by atoms with Crippen molar-refractivity contribution in [3.05, 3.63) is 38.1 Å². The zero-order chi connectivity index (χ0) is 19.1. The van der Waals surface area contributed by atoms with Gasteiger partial charge in [-0.05, 0) is 18.4 Å². The van der Waals surface area contributed by atoms with Crippen molar-refractivity contribution in [2.24, 2.45) is 0 Å². The Labute approximate surface area is 196 Å². The fraction of sp³-hybridized carbons (Fsp3) is 0.312. The van der Waals surface area contributed by atoms with E-state index in [0.717, 1.165) is 9.88 Å². The second-order valence-corrected chi connectivity index (χ2v) is 9.29. The number of thioether (sulfide) groups is 1. The van der Waals surface area contributed by atoms with Gasteiger partial charge in [0.15, 0.2) is 0 Å². The first-order valence-electron chi connectivity index (χ1n) is 7.99. The number of β-lactam (4-membered cyclic amide) rings is 1. The normalized spacial score (nSPS) is 20.9. The number of nitrogens with one attached hydrogen (secondary N) is 1. The average Bonchev–Trinajstić information content (AvgIpc) is 3.29. The minimum absolute atomic E-state index is 0. The molecule has 2 aliphatic rings. The van der Waals surface area contributed by atoms with E-state index in [-0.39, 0.29) is 49.0 Å². The topological polar surface area (TPSA) is 112 Å². The van der Waals surface area contributed by atoms with E-state index < -0.39 is 23.3 Å². The van der Waals surface area contributed by atoms with E-state index in [1.165, 1.54) is 39.3 Å². The van der Waals surface area contributed by atoms with Crippen LogP contribution in [-0.2, 0) is 20.8 Å². The van der Waals surface area contributed by atoms with Crippen molar-refractivity contribution in [2.75, 3.05) is 5.75 Å². The van der Waals surface area contributed by atoms with Gasteiger partial charge in [0, 0.05) is 16.2 Å². The molecule has 1 saturated heterocycles. The van der Waals surface area contributed by atoms with Crippen LogP contribution in [0.3, 0.4) is 0 Å². The number of rotatable bonds is 5. The van der Waals surface area contributed by atoms with Crippen molar-refractivity contribution in [1.82, 2.24) is 20.4 Å². The molecular weight excluding hydrogens is 431 g/mol. The Morgan fingerprint density at radius 1 is 1.43 bits per heavy atom. The maximum absolute atomic E-state index is 12.6. The van der Waals surface area contributed by atoms with E-state index >= 15 is 0 Å². The van der Waals surface area contributed by atoms with E-state index in [1.54, 1.807) is 6.92 Å². The minimum atomic E-state index is -1.18. The number of thiophene rings is 1. The van der Waals surface area contributed by atoms with Crippen LogP contribution < -0.4 is 34.9 Å². The Kier molecular flexibility index (Phi) is 6.62. The third kappa shape index (κ3) is 3.91. The summed E-state index contributed by atoms with van der Waals surface area (Å²) in [6.07, 6.45) is 0.204. The Balaban J connectivity index is 0.00000150. The predicted octanol–water partition coefficient (Wildman–Crippen LogP) is -1.54. The van der Waals surface area contributed by atoms with E-state index in [4.69, 9.17) is 0 Å². The fourth-order valence-electron chi connectivity index (χ4n) is 3.00. The van der Waals surface area contributed by atoms with Gasteiger partial charge in [0.25, 0.3) is 5.91 Å². The predicted molar refractivity (Wildman–Crippen MR) is 103 cm³/mol. The molecule has 0 aromatic carbocycles. The summed E-state index contributed by atoms with van der Waals surface area (Å²) < 4.78 is 0. The number of aromatic nitrogens is 2. The molecule has 0 radical (unpaired) electrons. The Hall–Kier alpha value is -1.24. The van der Waals surface area contributed by atoms with Crippen molar-refractivity contribution < 1.29 is 50.5 Å². The Morgan fingerprint density at radius 2 is 2.21 bits per heavy atom. The SMILES string of the molecule is Cc1nnc(C2=C(C(=O)O)N3C(=O)C(NC(=O)Cc4cccs4)[C@H]3SC2)s1.[H-].[Na+]. The fourth-order valence-corrected chi connectivity index (χ4v) is 5.87. The summed E-state index contributed by atoms with van der Waals surface area (Å²) in [5.41, 5.74) is 0.426. The van der Waals surface area contributed by atoms with Gasteiger partial charge in [-0.15, -0.1) is 33.3 Å². The number of hydrogen-bond donors (Lipinski definition) is 2. The number of aliphatic carboxylic acids is 1. The molecule has 8 nitrogen and oxygen atoms in total. The number of fused-ring (bicyclic) bond motifs is 1. The van der Waals surface area contributed by atoms with E-state index in [2.05, 4.69) is 15.5 Å². The summed E-state index contributed by atoms with van der Waals surface area (Å²) in [6, 6.07) is 3.01. The number of hydrogen-bond acceptors (Lipinski definition) is 8. The van der Waals surface area contributed by atoms with Gasteiger partial charge in [0.05, 0.1) is 6.42 Å². The molecule has 2 aliphatic heterocycles. The molecule has 0 spiro atoms. The van der Waals surface area contributed by atoms with Crippen LogP contribution in [0.1, 0.15) is 16.3 Å². The molecule has 4 rings (SSSR count). The Bertz CT molecular complexity index is 965.